The Bertz CT molecular complexity index is 588. The van der Waals surface area contributed by atoms with E-state index in [0.717, 1.165) is 19.5 Å². The summed E-state index contributed by atoms with van der Waals surface area (Å²) in [7, 11) is 0. The van der Waals surface area contributed by atoms with Crippen LogP contribution in [0.3, 0.4) is 0 Å². The summed E-state index contributed by atoms with van der Waals surface area (Å²) in [4.78, 5) is 28.2. The second kappa shape index (κ2) is 9.48. The molecule has 1 heterocycles. The minimum Gasteiger partial charge on any atom is -0.355 e. The number of rotatable bonds is 7. The Kier molecular flexibility index (Phi) is 7.33. The zero-order valence-corrected chi connectivity index (χ0v) is 14.9. The van der Waals surface area contributed by atoms with Crippen LogP contribution in [0.15, 0.2) is 24.3 Å². The summed E-state index contributed by atoms with van der Waals surface area (Å²) < 4.78 is 13.6. The molecular weight excluding hydrogens is 323 g/mol. The standard InChI is InChI=1S/C18H27FN4O2/c1-3-8-20-17(24)13-22-9-11-23(12-10-22)14(2)18(25)21-16-7-5-4-6-15(16)19/h4-7,14H,3,8-13H2,1-2H3,(H,20,24)(H,21,25)/t14-/m1/s1. The van der Waals surface area contributed by atoms with E-state index < -0.39 is 5.82 Å². The molecule has 2 amide bonds. The molecule has 0 spiro atoms. The Labute approximate surface area is 148 Å². The van der Waals surface area contributed by atoms with Crippen molar-refractivity contribution in [2.75, 3.05) is 44.6 Å². The fourth-order valence-electron chi connectivity index (χ4n) is 2.80. The monoisotopic (exact) mass is 350 g/mol. The van der Waals surface area contributed by atoms with Gasteiger partial charge in [0.25, 0.3) is 0 Å². The lowest BCUT2D eigenvalue weighted by Gasteiger charge is -2.37. The van der Waals surface area contributed by atoms with Gasteiger partial charge in [0.05, 0.1) is 18.3 Å². The molecule has 25 heavy (non-hydrogen) atoms. The highest BCUT2D eigenvalue weighted by Gasteiger charge is 2.26. The fourth-order valence-corrected chi connectivity index (χ4v) is 2.80. The molecule has 1 aliphatic rings. The van der Waals surface area contributed by atoms with Crippen molar-refractivity contribution in [1.82, 2.24) is 15.1 Å². The van der Waals surface area contributed by atoms with Crippen LogP contribution in [0, 0.1) is 5.82 Å². The molecule has 1 aliphatic heterocycles. The highest BCUT2D eigenvalue weighted by atomic mass is 19.1. The van der Waals surface area contributed by atoms with Crippen molar-refractivity contribution in [2.24, 2.45) is 0 Å². The third-order valence-corrected chi connectivity index (χ3v) is 4.41. The Hall–Kier alpha value is -1.99. The normalized spacial score (nSPS) is 17.1. The number of piperazine rings is 1. The van der Waals surface area contributed by atoms with Gasteiger partial charge in [0.1, 0.15) is 5.82 Å². The van der Waals surface area contributed by atoms with Crippen LogP contribution >= 0.6 is 0 Å². The van der Waals surface area contributed by atoms with Crippen molar-refractivity contribution in [3.05, 3.63) is 30.1 Å². The van der Waals surface area contributed by atoms with E-state index in [-0.39, 0.29) is 23.5 Å². The van der Waals surface area contributed by atoms with Gasteiger partial charge in [0.2, 0.25) is 11.8 Å². The van der Waals surface area contributed by atoms with E-state index in [4.69, 9.17) is 0 Å². The summed E-state index contributed by atoms with van der Waals surface area (Å²) in [6.07, 6.45) is 0.925. The first-order chi connectivity index (χ1) is 12.0. The molecule has 0 saturated carbocycles. The van der Waals surface area contributed by atoms with Gasteiger partial charge >= 0.3 is 0 Å². The van der Waals surface area contributed by atoms with E-state index >= 15 is 0 Å². The first-order valence-electron chi connectivity index (χ1n) is 8.79. The van der Waals surface area contributed by atoms with Gasteiger partial charge in [-0.15, -0.1) is 0 Å². The van der Waals surface area contributed by atoms with Crippen molar-refractivity contribution >= 4 is 17.5 Å². The Balaban J connectivity index is 1.78. The second-order valence-corrected chi connectivity index (χ2v) is 6.31. The molecule has 0 bridgehead atoms. The van der Waals surface area contributed by atoms with Crippen molar-refractivity contribution in [3.8, 4) is 0 Å². The second-order valence-electron chi connectivity index (χ2n) is 6.31. The largest absolute Gasteiger partial charge is 0.355 e. The Morgan fingerprint density at radius 1 is 1.20 bits per heavy atom. The summed E-state index contributed by atoms with van der Waals surface area (Å²) in [6, 6.07) is 5.79. The molecule has 1 fully saturated rings. The van der Waals surface area contributed by atoms with E-state index in [9.17, 15) is 14.0 Å². The van der Waals surface area contributed by atoms with Crippen molar-refractivity contribution in [1.29, 1.82) is 0 Å². The topological polar surface area (TPSA) is 64.7 Å². The van der Waals surface area contributed by atoms with Crippen molar-refractivity contribution in [3.63, 3.8) is 0 Å². The minimum atomic E-state index is -0.439. The molecule has 0 aromatic heterocycles. The maximum Gasteiger partial charge on any atom is 0.241 e. The number of hydrogen-bond acceptors (Lipinski definition) is 4. The number of benzene rings is 1. The van der Waals surface area contributed by atoms with Gasteiger partial charge < -0.3 is 10.6 Å². The zero-order chi connectivity index (χ0) is 18.2. The number of halogens is 1. The average Bonchev–Trinajstić information content (AvgIpc) is 2.62. The van der Waals surface area contributed by atoms with Crippen LogP contribution in [0.5, 0.6) is 0 Å². The van der Waals surface area contributed by atoms with E-state index in [0.29, 0.717) is 26.2 Å². The van der Waals surface area contributed by atoms with Gasteiger partial charge in [-0.3, -0.25) is 19.4 Å². The zero-order valence-electron chi connectivity index (χ0n) is 14.9. The Morgan fingerprint density at radius 3 is 2.52 bits per heavy atom. The number of para-hydroxylation sites is 1. The molecule has 1 saturated heterocycles. The molecule has 1 aromatic carbocycles. The summed E-state index contributed by atoms with van der Waals surface area (Å²) in [5, 5.41) is 5.51. The number of carbonyl (C=O) groups is 2. The fraction of sp³-hybridized carbons (Fsp3) is 0.556. The van der Waals surface area contributed by atoms with Crippen LogP contribution in [0.1, 0.15) is 20.3 Å². The summed E-state index contributed by atoms with van der Waals surface area (Å²) in [5.74, 6) is -0.620. The van der Waals surface area contributed by atoms with Gasteiger partial charge in [-0.2, -0.15) is 0 Å². The predicted molar refractivity (Wildman–Crippen MR) is 95.8 cm³/mol. The average molecular weight is 350 g/mol. The first kappa shape index (κ1) is 19.3. The van der Waals surface area contributed by atoms with Gasteiger partial charge in [0.15, 0.2) is 0 Å². The van der Waals surface area contributed by atoms with Gasteiger partial charge in [-0.1, -0.05) is 19.1 Å². The lowest BCUT2D eigenvalue weighted by molar-refractivity contribution is -0.124. The quantitative estimate of drug-likeness (QED) is 0.778. The van der Waals surface area contributed by atoms with E-state index in [1.54, 1.807) is 18.2 Å². The molecule has 1 aromatic rings. The number of carbonyl (C=O) groups excluding carboxylic acids is 2. The molecule has 0 radical (unpaired) electrons. The molecule has 2 rings (SSSR count). The summed E-state index contributed by atoms with van der Waals surface area (Å²) in [6.45, 7) is 7.80. The van der Waals surface area contributed by atoms with Gasteiger partial charge in [-0.05, 0) is 25.5 Å². The van der Waals surface area contributed by atoms with Crippen LogP contribution in [0.4, 0.5) is 10.1 Å². The van der Waals surface area contributed by atoms with Gasteiger partial charge in [0, 0.05) is 32.7 Å². The Morgan fingerprint density at radius 2 is 1.88 bits per heavy atom. The highest BCUT2D eigenvalue weighted by molar-refractivity contribution is 5.94. The molecule has 7 heteroatoms. The molecule has 2 N–H and O–H groups in total. The molecule has 0 aliphatic carbocycles. The maximum absolute atomic E-state index is 13.6. The van der Waals surface area contributed by atoms with Crippen LogP contribution in [-0.4, -0.2) is 66.9 Å². The molecule has 0 unspecified atom stereocenters. The van der Waals surface area contributed by atoms with Crippen molar-refractivity contribution in [2.45, 2.75) is 26.3 Å². The first-order valence-corrected chi connectivity index (χ1v) is 8.79. The lowest BCUT2D eigenvalue weighted by atomic mass is 10.2. The number of anilines is 1. The van der Waals surface area contributed by atoms with Crippen LogP contribution in [-0.2, 0) is 9.59 Å². The predicted octanol–water partition coefficient (Wildman–Crippen LogP) is 1.30. The van der Waals surface area contributed by atoms with Crippen molar-refractivity contribution < 1.29 is 14.0 Å². The minimum absolute atomic E-state index is 0.0423. The SMILES string of the molecule is CCCNC(=O)CN1CCN([C@H](C)C(=O)Nc2ccccc2F)CC1. The number of nitrogens with zero attached hydrogens (tertiary/aromatic N) is 2. The third-order valence-electron chi connectivity index (χ3n) is 4.41. The number of amides is 2. The molecular formula is C18H27FN4O2. The van der Waals surface area contributed by atoms with E-state index in [1.807, 2.05) is 13.8 Å². The van der Waals surface area contributed by atoms with E-state index in [1.165, 1.54) is 6.07 Å². The molecule has 6 nitrogen and oxygen atoms in total. The van der Waals surface area contributed by atoms with Crippen LogP contribution in [0.25, 0.3) is 0 Å². The maximum atomic E-state index is 13.6. The number of nitrogens with one attached hydrogen (secondary N) is 2. The molecule has 138 valence electrons. The van der Waals surface area contributed by atoms with Crippen LogP contribution in [0.2, 0.25) is 0 Å². The molecule has 1 atom stereocenters. The van der Waals surface area contributed by atoms with Gasteiger partial charge in [-0.25, -0.2) is 4.39 Å². The summed E-state index contributed by atoms with van der Waals surface area (Å²) in [5.41, 5.74) is 0.200. The lowest BCUT2D eigenvalue weighted by Crippen LogP contribution is -2.54. The highest BCUT2D eigenvalue weighted by Crippen LogP contribution is 2.14. The van der Waals surface area contributed by atoms with Crippen LogP contribution < -0.4 is 10.6 Å². The smallest absolute Gasteiger partial charge is 0.241 e. The van der Waals surface area contributed by atoms with E-state index in [2.05, 4.69) is 20.4 Å². The number of hydrogen-bond donors (Lipinski definition) is 2. The summed E-state index contributed by atoms with van der Waals surface area (Å²) >= 11 is 0. The third kappa shape index (κ3) is 5.79.